The van der Waals surface area contributed by atoms with Gasteiger partial charge < -0.3 is 10.6 Å². The minimum Gasteiger partial charge on any atom is -0.355 e. The number of nitrogens with zero attached hydrogens (tertiary/aromatic N) is 1. The minimum absolute atomic E-state index is 0. The van der Waals surface area contributed by atoms with Crippen LogP contribution in [0.1, 0.15) is 25.0 Å². The standard InChI is InChI=1S/C16H27N3O2S2.HI/c1-12-9-13(7-8-14(12)23(6,20)21)10-18-15(17-4)19-11-16(2,3)22-5;/h7-9H,10-11H2,1-6H3,(H2,17,18,19);1H. The number of benzene rings is 1. The van der Waals surface area contributed by atoms with E-state index < -0.39 is 9.84 Å². The molecule has 1 aromatic carbocycles. The third kappa shape index (κ3) is 7.60. The maximum Gasteiger partial charge on any atom is 0.191 e. The lowest BCUT2D eigenvalue weighted by Gasteiger charge is -2.23. The molecule has 8 heteroatoms. The molecule has 0 radical (unpaired) electrons. The summed E-state index contributed by atoms with van der Waals surface area (Å²) in [4.78, 5) is 4.59. The SMILES string of the molecule is CN=C(NCc1ccc(S(C)(=O)=O)c(C)c1)NCC(C)(C)SC.I. The predicted octanol–water partition coefficient (Wildman–Crippen LogP) is 2.82. The summed E-state index contributed by atoms with van der Waals surface area (Å²) in [7, 11) is -1.44. The van der Waals surface area contributed by atoms with Crippen LogP contribution in [0.15, 0.2) is 28.1 Å². The lowest BCUT2D eigenvalue weighted by atomic mass is 10.1. The summed E-state index contributed by atoms with van der Waals surface area (Å²) in [6.45, 7) is 7.55. The van der Waals surface area contributed by atoms with Gasteiger partial charge in [0.1, 0.15) is 0 Å². The fourth-order valence-corrected chi connectivity index (χ4v) is 3.19. The summed E-state index contributed by atoms with van der Waals surface area (Å²) >= 11 is 1.80. The van der Waals surface area contributed by atoms with Gasteiger partial charge in [-0.3, -0.25) is 4.99 Å². The average Bonchev–Trinajstić information content (AvgIpc) is 2.46. The molecule has 1 rings (SSSR count). The fourth-order valence-electron chi connectivity index (χ4n) is 2.01. The highest BCUT2D eigenvalue weighted by Gasteiger charge is 2.16. The van der Waals surface area contributed by atoms with Gasteiger partial charge in [-0.15, -0.1) is 24.0 Å². The molecule has 5 nitrogen and oxygen atoms in total. The van der Waals surface area contributed by atoms with Gasteiger partial charge in [-0.1, -0.05) is 12.1 Å². The van der Waals surface area contributed by atoms with Crippen molar-refractivity contribution in [3.8, 4) is 0 Å². The number of rotatable bonds is 6. The molecule has 0 unspecified atom stereocenters. The highest BCUT2D eigenvalue weighted by molar-refractivity contribution is 14.0. The maximum atomic E-state index is 11.6. The Morgan fingerprint density at radius 3 is 2.38 bits per heavy atom. The van der Waals surface area contributed by atoms with Gasteiger partial charge in [0.25, 0.3) is 0 Å². The van der Waals surface area contributed by atoms with E-state index in [-0.39, 0.29) is 28.7 Å². The normalized spacial score (nSPS) is 12.5. The van der Waals surface area contributed by atoms with Crippen LogP contribution in [0.2, 0.25) is 0 Å². The van der Waals surface area contributed by atoms with Crippen LogP contribution in [0.3, 0.4) is 0 Å². The Balaban J connectivity index is 0.00000529. The van der Waals surface area contributed by atoms with E-state index in [1.807, 2.05) is 19.1 Å². The van der Waals surface area contributed by atoms with E-state index in [4.69, 9.17) is 0 Å². The molecule has 0 spiro atoms. The summed E-state index contributed by atoms with van der Waals surface area (Å²) in [6, 6.07) is 5.38. The number of nitrogens with one attached hydrogen (secondary N) is 2. The third-order valence-corrected chi connectivity index (χ3v) is 6.06. The minimum atomic E-state index is -3.17. The van der Waals surface area contributed by atoms with E-state index in [0.29, 0.717) is 11.4 Å². The number of hydrogen-bond acceptors (Lipinski definition) is 4. The van der Waals surface area contributed by atoms with Crippen LogP contribution in [0.4, 0.5) is 0 Å². The van der Waals surface area contributed by atoms with Gasteiger partial charge in [0, 0.05) is 31.1 Å². The Bertz CT molecular complexity index is 674. The van der Waals surface area contributed by atoms with Crippen LogP contribution in [0.25, 0.3) is 0 Å². The van der Waals surface area contributed by atoms with E-state index >= 15 is 0 Å². The van der Waals surface area contributed by atoms with Gasteiger partial charge in [-0.2, -0.15) is 11.8 Å². The monoisotopic (exact) mass is 485 g/mol. The number of guanidine groups is 1. The van der Waals surface area contributed by atoms with Crippen LogP contribution >= 0.6 is 35.7 Å². The van der Waals surface area contributed by atoms with Crippen molar-refractivity contribution in [2.75, 3.05) is 26.1 Å². The van der Waals surface area contributed by atoms with Gasteiger partial charge in [0.05, 0.1) is 4.90 Å². The Kier molecular flexibility index (Phi) is 9.66. The van der Waals surface area contributed by atoms with Gasteiger partial charge in [-0.25, -0.2) is 8.42 Å². The first-order valence-electron chi connectivity index (χ1n) is 7.38. The second-order valence-corrected chi connectivity index (χ2v) is 9.61. The summed E-state index contributed by atoms with van der Waals surface area (Å²) < 4.78 is 23.4. The zero-order chi connectivity index (χ0) is 17.7. The molecule has 0 aromatic heterocycles. The van der Waals surface area contributed by atoms with E-state index in [1.54, 1.807) is 24.9 Å². The van der Waals surface area contributed by atoms with E-state index in [9.17, 15) is 8.42 Å². The molecule has 0 heterocycles. The van der Waals surface area contributed by atoms with Crippen molar-refractivity contribution in [3.05, 3.63) is 29.3 Å². The summed E-state index contributed by atoms with van der Waals surface area (Å²) in [5, 5.41) is 6.55. The van der Waals surface area contributed by atoms with E-state index in [1.165, 1.54) is 6.26 Å². The number of aryl methyl sites for hydroxylation is 1. The van der Waals surface area contributed by atoms with Crippen LogP contribution in [0.5, 0.6) is 0 Å². The molecule has 0 aliphatic carbocycles. The predicted molar refractivity (Wildman–Crippen MR) is 115 cm³/mol. The molecular formula is C16H28IN3O2S2. The van der Waals surface area contributed by atoms with Gasteiger partial charge in [0.15, 0.2) is 15.8 Å². The summed E-state index contributed by atoms with van der Waals surface area (Å²) in [6.07, 6.45) is 3.32. The second kappa shape index (κ2) is 9.86. The molecule has 0 bridgehead atoms. The Morgan fingerprint density at radius 2 is 1.92 bits per heavy atom. The van der Waals surface area contributed by atoms with Crippen LogP contribution < -0.4 is 10.6 Å². The lowest BCUT2D eigenvalue weighted by molar-refractivity contribution is 0.601. The molecule has 0 aliphatic rings. The van der Waals surface area contributed by atoms with E-state index in [2.05, 4.69) is 35.7 Å². The van der Waals surface area contributed by atoms with Crippen molar-refractivity contribution < 1.29 is 8.42 Å². The fraction of sp³-hybridized carbons (Fsp3) is 0.562. The number of thioether (sulfide) groups is 1. The topological polar surface area (TPSA) is 70.6 Å². The quantitative estimate of drug-likeness (QED) is 0.369. The molecule has 138 valence electrons. The molecule has 24 heavy (non-hydrogen) atoms. The lowest BCUT2D eigenvalue weighted by Crippen LogP contribution is -2.43. The zero-order valence-electron chi connectivity index (χ0n) is 15.1. The first-order chi connectivity index (χ1) is 10.6. The summed E-state index contributed by atoms with van der Waals surface area (Å²) in [5.41, 5.74) is 1.78. The maximum absolute atomic E-state index is 11.6. The van der Waals surface area contributed by atoms with Crippen LogP contribution in [-0.2, 0) is 16.4 Å². The van der Waals surface area contributed by atoms with E-state index in [0.717, 1.165) is 23.6 Å². The molecule has 0 fully saturated rings. The molecule has 0 amide bonds. The van der Waals surface area contributed by atoms with Crippen molar-refractivity contribution in [2.45, 2.75) is 37.0 Å². The highest BCUT2D eigenvalue weighted by atomic mass is 127. The first-order valence-corrected chi connectivity index (χ1v) is 10.5. The smallest absolute Gasteiger partial charge is 0.191 e. The van der Waals surface area contributed by atoms with Crippen LogP contribution in [-0.4, -0.2) is 45.2 Å². The summed E-state index contributed by atoms with van der Waals surface area (Å²) in [5.74, 6) is 0.733. The zero-order valence-corrected chi connectivity index (χ0v) is 19.1. The van der Waals surface area contributed by atoms with Crippen molar-refractivity contribution >= 4 is 51.5 Å². The largest absolute Gasteiger partial charge is 0.355 e. The second-order valence-electron chi connectivity index (χ2n) is 6.12. The highest BCUT2D eigenvalue weighted by Crippen LogP contribution is 2.19. The Morgan fingerprint density at radius 1 is 1.29 bits per heavy atom. The third-order valence-electron chi connectivity index (χ3n) is 3.56. The number of aliphatic imine (C=N–C) groups is 1. The number of hydrogen-bond donors (Lipinski definition) is 2. The first kappa shape index (κ1) is 23.5. The van der Waals surface area contributed by atoms with Crippen LogP contribution in [0, 0.1) is 6.92 Å². The molecule has 0 atom stereocenters. The molecule has 1 aromatic rings. The van der Waals surface area contributed by atoms with Gasteiger partial charge in [0.2, 0.25) is 0 Å². The van der Waals surface area contributed by atoms with Gasteiger partial charge in [-0.05, 0) is 44.2 Å². The van der Waals surface area contributed by atoms with Crippen molar-refractivity contribution in [1.82, 2.24) is 10.6 Å². The Labute approximate surface area is 167 Å². The number of sulfone groups is 1. The van der Waals surface area contributed by atoms with Crippen molar-refractivity contribution in [3.63, 3.8) is 0 Å². The Hall–Kier alpha value is -0.480. The average molecular weight is 485 g/mol. The van der Waals surface area contributed by atoms with Crippen molar-refractivity contribution in [1.29, 1.82) is 0 Å². The molecular weight excluding hydrogens is 457 g/mol. The molecule has 2 N–H and O–H groups in total. The molecule has 0 saturated carbocycles. The van der Waals surface area contributed by atoms with Gasteiger partial charge >= 0.3 is 0 Å². The molecule has 0 aliphatic heterocycles. The van der Waals surface area contributed by atoms with Crippen molar-refractivity contribution in [2.24, 2.45) is 4.99 Å². The number of halogens is 1. The molecule has 0 saturated heterocycles.